The summed E-state index contributed by atoms with van der Waals surface area (Å²) in [5.74, 6) is 1.53. The third-order valence-corrected chi connectivity index (χ3v) is 5.50. The van der Waals surface area contributed by atoms with Gasteiger partial charge in [-0.25, -0.2) is 4.98 Å². The van der Waals surface area contributed by atoms with Crippen molar-refractivity contribution in [2.45, 2.75) is 6.92 Å². The van der Waals surface area contributed by atoms with Crippen molar-refractivity contribution in [1.82, 2.24) is 9.97 Å². The van der Waals surface area contributed by atoms with Crippen LogP contribution < -0.4 is 21.3 Å². The van der Waals surface area contributed by atoms with Crippen LogP contribution in [-0.4, -0.2) is 30.2 Å². The number of aromatic amines is 1. The first-order valence-corrected chi connectivity index (χ1v) is 9.53. The second kappa shape index (κ2) is 7.02. The van der Waals surface area contributed by atoms with E-state index < -0.39 is 0 Å². The number of H-pyrrole nitrogens is 1. The van der Waals surface area contributed by atoms with Crippen LogP contribution in [0.4, 0.5) is 5.82 Å². The fourth-order valence-electron chi connectivity index (χ4n) is 3.36. The van der Waals surface area contributed by atoms with Crippen LogP contribution in [0.15, 0.2) is 40.6 Å². The number of thiophene rings is 1. The molecule has 4 aromatic rings. The van der Waals surface area contributed by atoms with Crippen molar-refractivity contribution in [3.05, 3.63) is 51.8 Å². The molecule has 1 aromatic carbocycles. The summed E-state index contributed by atoms with van der Waals surface area (Å²) in [6.45, 7) is 3.18. The molecule has 4 rings (SSSR count). The smallest absolute Gasteiger partial charge is 0.266 e. The molecular formula is C20H20N4O2S. The number of nitrogens with two attached hydrogens (primary N) is 1. The third-order valence-electron chi connectivity index (χ3n) is 4.59. The lowest BCUT2D eigenvalue weighted by atomic mass is 9.96. The number of nitrogens with zero attached hydrogens (tertiary/aromatic N) is 1. The topological polar surface area (TPSA) is 93.0 Å². The Labute approximate surface area is 160 Å². The normalized spacial score (nSPS) is 11.2. The quantitative estimate of drug-likeness (QED) is 0.493. The summed E-state index contributed by atoms with van der Waals surface area (Å²) in [6.07, 6.45) is 1.81. The molecular weight excluding hydrogens is 360 g/mol. The molecule has 0 atom stereocenters. The fraction of sp³-hybridized carbons (Fsp3) is 0.200. The molecule has 7 heteroatoms. The number of rotatable bonds is 5. The van der Waals surface area contributed by atoms with E-state index in [1.54, 1.807) is 7.11 Å². The number of hydrogen-bond acceptors (Lipinski definition) is 6. The van der Waals surface area contributed by atoms with E-state index in [2.05, 4.69) is 15.3 Å². The summed E-state index contributed by atoms with van der Waals surface area (Å²) in [7, 11) is 1.66. The largest absolute Gasteiger partial charge is 0.496 e. The van der Waals surface area contributed by atoms with E-state index in [4.69, 9.17) is 10.5 Å². The minimum Gasteiger partial charge on any atom is -0.496 e. The zero-order valence-electron chi connectivity index (χ0n) is 15.1. The van der Waals surface area contributed by atoms with Crippen LogP contribution in [0.1, 0.15) is 5.56 Å². The Morgan fingerprint density at radius 1 is 1.33 bits per heavy atom. The highest BCUT2D eigenvalue weighted by molar-refractivity contribution is 7.17. The van der Waals surface area contributed by atoms with Gasteiger partial charge in [0.1, 0.15) is 16.3 Å². The molecule has 0 radical (unpaired) electrons. The van der Waals surface area contributed by atoms with E-state index in [9.17, 15) is 4.79 Å². The van der Waals surface area contributed by atoms with Gasteiger partial charge in [-0.2, -0.15) is 0 Å². The molecule has 6 nitrogen and oxygen atoms in total. The van der Waals surface area contributed by atoms with Crippen molar-refractivity contribution >= 4 is 38.1 Å². The first kappa shape index (κ1) is 17.5. The molecule has 0 saturated carbocycles. The summed E-state index contributed by atoms with van der Waals surface area (Å²) in [6, 6.07) is 7.87. The Balaban J connectivity index is 2.02. The van der Waals surface area contributed by atoms with Gasteiger partial charge in [-0.1, -0.05) is 0 Å². The highest BCUT2D eigenvalue weighted by Gasteiger charge is 2.18. The maximum atomic E-state index is 12.4. The van der Waals surface area contributed by atoms with E-state index in [1.165, 1.54) is 11.3 Å². The molecule has 3 aromatic heterocycles. The molecule has 0 aliphatic heterocycles. The van der Waals surface area contributed by atoms with Crippen LogP contribution in [0, 0.1) is 6.92 Å². The monoisotopic (exact) mass is 380 g/mol. The minimum atomic E-state index is -0.0637. The van der Waals surface area contributed by atoms with E-state index in [-0.39, 0.29) is 5.56 Å². The number of methoxy groups -OCH3 is 1. The maximum Gasteiger partial charge on any atom is 0.266 e. The van der Waals surface area contributed by atoms with Crippen molar-refractivity contribution in [1.29, 1.82) is 0 Å². The van der Waals surface area contributed by atoms with Crippen molar-refractivity contribution in [2.75, 3.05) is 25.5 Å². The molecule has 0 fully saturated rings. The van der Waals surface area contributed by atoms with Crippen LogP contribution >= 0.6 is 11.3 Å². The number of aromatic nitrogens is 2. The van der Waals surface area contributed by atoms with Crippen molar-refractivity contribution in [3.63, 3.8) is 0 Å². The van der Waals surface area contributed by atoms with Gasteiger partial charge in [0.05, 0.1) is 12.6 Å². The van der Waals surface area contributed by atoms with Gasteiger partial charge in [0, 0.05) is 41.2 Å². The summed E-state index contributed by atoms with van der Waals surface area (Å²) in [5.41, 5.74) is 9.11. The second-order valence-electron chi connectivity index (χ2n) is 6.29. The standard InChI is InChI=1S/C20H20N4O2S/c1-11-9-14(26-2)16(12-3-4-15(23-10-12)22-7-6-21)17-13-5-8-27-19(13)20(25)24-18(11)17/h3-5,8-10H,6-7,21H2,1-2H3,(H,22,23)(H,24,25). The van der Waals surface area contributed by atoms with Crippen LogP contribution in [0.25, 0.3) is 32.1 Å². The number of aryl methyl sites for hydroxylation is 1. The zero-order chi connectivity index (χ0) is 19.0. The molecule has 0 saturated heterocycles. The maximum absolute atomic E-state index is 12.4. The van der Waals surface area contributed by atoms with Crippen LogP contribution in [0.3, 0.4) is 0 Å². The Hall–Kier alpha value is -2.90. The number of fused-ring (bicyclic) bond motifs is 3. The average molecular weight is 380 g/mol. The average Bonchev–Trinajstić information content (AvgIpc) is 3.18. The number of nitrogens with one attached hydrogen (secondary N) is 2. The lowest BCUT2D eigenvalue weighted by Crippen LogP contribution is -2.13. The zero-order valence-corrected chi connectivity index (χ0v) is 15.9. The molecule has 27 heavy (non-hydrogen) atoms. The summed E-state index contributed by atoms with van der Waals surface area (Å²) >= 11 is 1.44. The first-order valence-electron chi connectivity index (χ1n) is 8.65. The molecule has 0 amide bonds. The van der Waals surface area contributed by atoms with Gasteiger partial charge in [-0.05, 0) is 42.1 Å². The molecule has 0 aliphatic rings. The number of benzene rings is 1. The summed E-state index contributed by atoms with van der Waals surface area (Å²) in [5, 5.41) is 7.02. The molecule has 0 spiro atoms. The molecule has 0 aliphatic carbocycles. The van der Waals surface area contributed by atoms with Crippen molar-refractivity contribution < 1.29 is 4.74 Å². The van der Waals surface area contributed by atoms with Gasteiger partial charge in [-0.3, -0.25) is 4.79 Å². The Kier molecular flexibility index (Phi) is 4.55. The Bertz CT molecular complexity index is 1180. The van der Waals surface area contributed by atoms with Crippen molar-refractivity contribution in [3.8, 4) is 16.9 Å². The minimum absolute atomic E-state index is 0.0637. The van der Waals surface area contributed by atoms with E-state index in [0.29, 0.717) is 17.8 Å². The van der Waals surface area contributed by atoms with Gasteiger partial charge in [0.25, 0.3) is 5.56 Å². The number of pyridine rings is 2. The third kappa shape index (κ3) is 2.94. The number of hydrogen-bond donors (Lipinski definition) is 3. The van der Waals surface area contributed by atoms with Crippen LogP contribution in [0.2, 0.25) is 0 Å². The highest BCUT2D eigenvalue weighted by atomic mass is 32.1. The van der Waals surface area contributed by atoms with Crippen molar-refractivity contribution in [2.24, 2.45) is 5.73 Å². The van der Waals surface area contributed by atoms with Gasteiger partial charge < -0.3 is 20.8 Å². The molecule has 4 N–H and O–H groups in total. The Morgan fingerprint density at radius 3 is 2.89 bits per heavy atom. The van der Waals surface area contributed by atoms with Crippen LogP contribution in [0.5, 0.6) is 5.75 Å². The predicted octanol–water partition coefficient (Wildman–Crippen LogP) is 3.49. The Morgan fingerprint density at radius 2 is 2.19 bits per heavy atom. The predicted molar refractivity (Wildman–Crippen MR) is 112 cm³/mol. The van der Waals surface area contributed by atoms with E-state index in [1.807, 2.05) is 42.8 Å². The first-order chi connectivity index (χ1) is 13.1. The van der Waals surface area contributed by atoms with E-state index >= 15 is 0 Å². The second-order valence-corrected chi connectivity index (χ2v) is 7.20. The van der Waals surface area contributed by atoms with Crippen LogP contribution in [-0.2, 0) is 0 Å². The van der Waals surface area contributed by atoms with Gasteiger partial charge in [-0.15, -0.1) is 11.3 Å². The highest BCUT2D eigenvalue weighted by Crippen LogP contribution is 2.41. The van der Waals surface area contributed by atoms with E-state index in [0.717, 1.165) is 44.5 Å². The summed E-state index contributed by atoms with van der Waals surface area (Å²) < 4.78 is 6.40. The van der Waals surface area contributed by atoms with Gasteiger partial charge in [0.2, 0.25) is 0 Å². The number of anilines is 1. The SMILES string of the molecule is COc1cc(C)c2[nH]c(=O)c3sccc3c2c1-c1ccc(NCCN)nc1. The molecule has 0 bridgehead atoms. The number of ether oxygens (including phenoxy) is 1. The molecule has 3 heterocycles. The van der Waals surface area contributed by atoms with Gasteiger partial charge >= 0.3 is 0 Å². The van der Waals surface area contributed by atoms with Gasteiger partial charge in [0.15, 0.2) is 0 Å². The fourth-order valence-corrected chi connectivity index (χ4v) is 4.16. The lowest BCUT2D eigenvalue weighted by Gasteiger charge is -2.15. The molecule has 138 valence electrons. The summed E-state index contributed by atoms with van der Waals surface area (Å²) in [4.78, 5) is 20.0. The lowest BCUT2D eigenvalue weighted by molar-refractivity contribution is 0.416. The molecule has 0 unspecified atom stereocenters.